The fraction of sp³-hybridized carbons (Fsp3) is 0.158. The topological polar surface area (TPSA) is 41.0 Å². The van der Waals surface area contributed by atoms with E-state index in [1.165, 1.54) is 5.56 Å². The van der Waals surface area contributed by atoms with Crippen LogP contribution in [0.2, 0.25) is 5.02 Å². The van der Waals surface area contributed by atoms with Gasteiger partial charge in [0.05, 0.1) is 0 Å². The van der Waals surface area contributed by atoms with Crippen LogP contribution in [0.1, 0.15) is 11.1 Å². The minimum absolute atomic E-state index is 0.726. The molecule has 2 aromatic carbocycles. The van der Waals surface area contributed by atoms with E-state index < -0.39 is 0 Å². The quantitative estimate of drug-likeness (QED) is 0.724. The molecule has 0 fully saturated rings. The molecule has 0 saturated carbocycles. The number of nitrogens with zero attached hydrogens (tertiary/aromatic N) is 3. The van der Waals surface area contributed by atoms with Gasteiger partial charge in [0.25, 0.3) is 0 Å². The van der Waals surface area contributed by atoms with Crippen LogP contribution in [0.25, 0.3) is 0 Å². The Morgan fingerprint density at radius 1 is 1.04 bits per heavy atom. The van der Waals surface area contributed by atoms with Crippen LogP contribution < -0.4 is 10.2 Å². The first kappa shape index (κ1) is 16.3. The number of aryl methyl sites for hydroxylation is 1. The Morgan fingerprint density at radius 3 is 2.58 bits per heavy atom. The SMILES string of the molecule is Cc1cc(Cl)ccc1Nc1cc(N(C)Cc2ccccc2)ncn1. The third-order valence-corrected chi connectivity index (χ3v) is 3.99. The molecule has 24 heavy (non-hydrogen) atoms. The van der Waals surface area contributed by atoms with Crippen LogP contribution in [-0.2, 0) is 6.54 Å². The molecule has 0 aliphatic heterocycles. The summed E-state index contributed by atoms with van der Waals surface area (Å²) in [5.41, 5.74) is 3.29. The molecular weight excluding hydrogens is 320 g/mol. The second kappa shape index (κ2) is 7.32. The number of aromatic nitrogens is 2. The average Bonchev–Trinajstić information content (AvgIpc) is 2.59. The number of hydrogen-bond acceptors (Lipinski definition) is 4. The predicted octanol–water partition coefficient (Wildman–Crippen LogP) is 4.82. The molecule has 0 bridgehead atoms. The first-order chi connectivity index (χ1) is 11.6. The molecule has 0 radical (unpaired) electrons. The van der Waals surface area contributed by atoms with Crippen molar-refractivity contribution in [2.75, 3.05) is 17.3 Å². The lowest BCUT2D eigenvalue weighted by atomic mass is 10.2. The van der Waals surface area contributed by atoms with Gasteiger partial charge in [0.2, 0.25) is 0 Å². The average molecular weight is 339 g/mol. The highest BCUT2D eigenvalue weighted by atomic mass is 35.5. The lowest BCUT2D eigenvalue weighted by Crippen LogP contribution is -2.17. The Labute approximate surface area is 147 Å². The molecule has 0 aliphatic rings. The predicted molar refractivity (Wildman–Crippen MR) is 100 cm³/mol. The van der Waals surface area contributed by atoms with Gasteiger partial charge in [0, 0.05) is 30.4 Å². The van der Waals surface area contributed by atoms with Crippen LogP contribution >= 0.6 is 11.6 Å². The normalized spacial score (nSPS) is 10.5. The zero-order valence-corrected chi connectivity index (χ0v) is 14.5. The van der Waals surface area contributed by atoms with Gasteiger partial charge < -0.3 is 10.2 Å². The second-order valence-corrected chi connectivity index (χ2v) is 6.12. The number of anilines is 3. The molecule has 122 valence electrons. The van der Waals surface area contributed by atoms with Crippen LogP contribution in [0.5, 0.6) is 0 Å². The highest BCUT2D eigenvalue weighted by molar-refractivity contribution is 6.30. The van der Waals surface area contributed by atoms with Gasteiger partial charge in [0.15, 0.2) is 0 Å². The summed E-state index contributed by atoms with van der Waals surface area (Å²) < 4.78 is 0. The molecule has 0 amide bonds. The van der Waals surface area contributed by atoms with Gasteiger partial charge in [-0.2, -0.15) is 0 Å². The lowest BCUT2D eigenvalue weighted by molar-refractivity contribution is 0.892. The van der Waals surface area contributed by atoms with Crippen molar-refractivity contribution in [1.82, 2.24) is 9.97 Å². The Hall–Kier alpha value is -2.59. The summed E-state index contributed by atoms with van der Waals surface area (Å²) in [6, 6.07) is 18.0. The Bertz CT molecular complexity index is 821. The smallest absolute Gasteiger partial charge is 0.135 e. The highest BCUT2D eigenvalue weighted by Gasteiger charge is 2.07. The summed E-state index contributed by atoms with van der Waals surface area (Å²) in [4.78, 5) is 10.8. The van der Waals surface area contributed by atoms with Gasteiger partial charge in [-0.1, -0.05) is 41.9 Å². The fourth-order valence-corrected chi connectivity index (χ4v) is 2.69. The summed E-state index contributed by atoms with van der Waals surface area (Å²) in [5.74, 6) is 1.62. The van der Waals surface area contributed by atoms with Crippen LogP contribution in [0.15, 0.2) is 60.9 Å². The molecule has 1 heterocycles. The van der Waals surface area contributed by atoms with Crippen molar-refractivity contribution < 1.29 is 0 Å². The van der Waals surface area contributed by atoms with E-state index in [1.54, 1.807) is 6.33 Å². The van der Waals surface area contributed by atoms with Crippen molar-refractivity contribution in [3.05, 3.63) is 77.1 Å². The first-order valence-corrected chi connectivity index (χ1v) is 8.10. The number of benzene rings is 2. The van der Waals surface area contributed by atoms with Gasteiger partial charge in [-0.25, -0.2) is 9.97 Å². The lowest BCUT2D eigenvalue weighted by Gasteiger charge is -2.19. The molecule has 0 aliphatic carbocycles. The maximum Gasteiger partial charge on any atom is 0.135 e. The number of halogens is 1. The molecule has 0 saturated heterocycles. The van der Waals surface area contributed by atoms with Crippen molar-refractivity contribution in [1.29, 1.82) is 0 Å². The van der Waals surface area contributed by atoms with Crippen LogP contribution in [0, 0.1) is 6.92 Å². The van der Waals surface area contributed by atoms with E-state index in [0.717, 1.165) is 34.5 Å². The molecule has 3 rings (SSSR count). The number of nitrogens with one attached hydrogen (secondary N) is 1. The zero-order valence-electron chi connectivity index (χ0n) is 13.7. The second-order valence-electron chi connectivity index (χ2n) is 5.69. The summed E-state index contributed by atoms with van der Waals surface area (Å²) in [5, 5.41) is 4.05. The van der Waals surface area contributed by atoms with E-state index in [9.17, 15) is 0 Å². The van der Waals surface area contributed by atoms with Crippen LogP contribution in [0.3, 0.4) is 0 Å². The van der Waals surface area contributed by atoms with Crippen molar-refractivity contribution >= 4 is 28.9 Å². The van der Waals surface area contributed by atoms with Crippen LogP contribution in [0.4, 0.5) is 17.3 Å². The molecule has 0 spiro atoms. The van der Waals surface area contributed by atoms with E-state index in [4.69, 9.17) is 11.6 Å². The standard InChI is InChI=1S/C19H19ClN4/c1-14-10-16(20)8-9-17(14)23-18-11-19(22-13-21-18)24(2)12-15-6-4-3-5-7-15/h3-11,13H,12H2,1-2H3,(H,21,22,23). The zero-order chi connectivity index (χ0) is 16.9. The molecule has 0 atom stereocenters. The Balaban J connectivity index is 1.76. The largest absolute Gasteiger partial charge is 0.355 e. The molecule has 5 heteroatoms. The Morgan fingerprint density at radius 2 is 1.83 bits per heavy atom. The molecule has 1 N–H and O–H groups in total. The van der Waals surface area contributed by atoms with E-state index >= 15 is 0 Å². The van der Waals surface area contributed by atoms with E-state index in [1.807, 2.05) is 56.4 Å². The van der Waals surface area contributed by atoms with Gasteiger partial charge in [-0.15, -0.1) is 0 Å². The first-order valence-electron chi connectivity index (χ1n) is 7.72. The molecule has 1 aromatic heterocycles. The maximum absolute atomic E-state index is 6.00. The summed E-state index contributed by atoms with van der Waals surface area (Å²) in [6.45, 7) is 2.80. The van der Waals surface area contributed by atoms with Crippen molar-refractivity contribution in [3.63, 3.8) is 0 Å². The maximum atomic E-state index is 6.00. The minimum atomic E-state index is 0.726. The molecule has 0 unspecified atom stereocenters. The van der Waals surface area contributed by atoms with E-state index in [0.29, 0.717) is 0 Å². The van der Waals surface area contributed by atoms with Gasteiger partial charge in [-0.05, 0) is 36.2 Å². The van der Waals surface area contributed by atoms with Crippen molar-refractivity contribution in [2.45, 2.75) is 13.5 Å². The third-order valence-electron chi connectivity index (χ3n) is 3.76. The number of hydrogen-bond donors (Lipinski definition) is 1. The highest BCUT2D eigenvalue weighted by Crippen LogP contribution is 2.24. The summed E-state index contributed by atoms with van der Waals surface area (Å²) in [7, 11) is 2.02. The summed E-state index contributed by atoms with van der Waals surface area (Å²) >= 11 is 6.00. The molecule has 4 nitrogen and oxygen atoms in total. The van der Waals surface area contributed by atoms with Crippen molar-refractivity contribution in [2.24, 2.45) is 0 Å². The monoisotopic (exact) mass is 338 g/mol. The van der Waals surface area contributed by atoms with Crippen LogP contribution in [-0.4, -0.2) is 17.0 Å². The Kier molecular flexibility index (Phi) is 4.96. The van der Waals surface area contributed by atoms with Gasteiger partial charge in [-0.3, -0.25) is 0 Å². The summed E-state index contributed by atoms with van der Waals surface area (Å²) in [6.07, 6.45) is 1.57. The number of rotatable bonds is 5. The van der Waals surface area contributed by atoms with Crippen molar-refractivity contribution in [3.8, 4) is 0 Å². The minimum Gasteiger partial charge on any atom is -0.355 e. The molecular formula is C19H19ClN4. The molecule has 3 aromatic rings. The van der Waals surface area contributed by atoms with E-state index in [2.05, 4.69) is 32.3 Å². The van der Waals surface area contributed by atoms with Gasteiger partial charge in [0.1, 0.15) is 18.0 Å². The fourth-order valence-electron chi connectivity index (χ4n) is 2.47. The van der Waals surface area contributed by atoms with Gasteiger partial charge >= 0.3 is 0 Å². The third kappa shape index (κ3) is 4.03. The van der Waals surface area contributed by atoms with E-state index in [-0.39, 0.29) is 0 Å².